The molecule has 0 amide bonds. The highest BCUT2D eigenvalue weighted by atomic mass is 16.5. The minimum absolute atomic E-state index is 0.188. The van der Waals surface area contributed by atoms with Gasteiger partial charge in [0.2, 0.25) is 0 Å². The van der Waals surface area contributed by atoms with E-state index in [0.717, 1.165) is 25.4 Å². The van der Waals surface area contributed by atoms with E-state index in [-0.39, 0.29) is 5.41 Å². The van der Waals surface area contributed by atoms with Crippen molar-refractivity contribution in [2.24, 2.45) is 11.3 Å². The maximum Gasteiger partial charge on any atom is 0.0700 e. The molecule has 1 aliphatic rings. The molecule has 0 aromatic heterocycles. The number of aliphatic hydroxyl groups is 1. The second-order valence-corrected chi connectivity index (χ2v) is 6.45. The second-order valence-electron chi connectivity index (χ2n) is 6.45. The van der Waals surface area contributed by atoms with Gasteiger partial charge in [-0.05, 0) is 49.9 Å². The number of methoxy groups -OCH3 is 1. The number of aliphatic hydroxyl groups excluding tert-OH is 1. The van der Waals surface area contributed by atoms with Crippen LogP contribution in [0.4, 0.5) is 0 Å². The van der Waals surface area contributed by atoms with E-state index in [1.54, 1.807) is 7.11 Å². The summed E-state index contributed by atoms with van der Waals surface area (Å²) in [5.74, 6) is 0.910. The largest absolute Gasteiger partial charge is 0.396 e. The molecule has 1 saturated carbocycles. The summed E-state index contributed by atoms with van der Waals surface area (Å²) in [5.41, 5.74) is 0.188. The van der Waals surface area contributed by atoms with E-state index in [0.29, 0.717) is 19.8 Å². The average molecular weight is 286 g/mol. The Kier molecular flexibility index (Phi) is 9.49. The van der Waals surface area contributed by atoms with Gasteiger partial charge >= 0.3 is 0 Å². The molecule has 0 aromatic carbocycles. The van der Waals surface area contributed by atoms with Crippen LogP contribution in [0.1, 0.15) is 64.7 Å². The zero-order chi connectivity index (χ0) is 14.7. The van der Waals surface area contributed by atoms with Gasteiger partial charge in [0.15, 0.2) is 0 Å². The summed E-state index contributed by atoms with van der Waals surface area (Å²) in [6.45, 7) is 4.77. The fourth-order valence-corrected chi connectivity index (χ4v) is 3.35. The van der Waals surface area contributed by atoms with Crippen LogP contribution in [0.15, 0.2) is 0 Å². The van der Waals surface area contributed by atoms with Crippen LogP contribution < -0.4 is 0 Å². The predicted octanol–water partition coefficient (Wildman–Crippen LogP) is 3.79. The minimum Gasteiger partial charge on any atom is -0.396 e. The van der Waals surface area contributed by atoms with Gasteiger partial charge in [-0.2, -0.15) is 0 Å². The molecule has 120 valence electrons. The molecule has 0 aromatic rings. The van der Waals surface area contributed by atoms with Crippen LogP contribution >= 0.6 is 0 Å². The Hall–Kier alpha value is -0.120. The van der Waals surface area contributed by atoms with Gasteiger partial charge in [-0.25, -0.2) is 0 Å². The van der Waals surface area contributed by atoms with E-state index < -0.39 is 0 Å². The van der Waals surface area contributed by atoms with Crippen LogP contribution in [-0.2, 0) is 9.47 Å². The van der Waals surface area contributed by atoms with E-state index in [4.69, 9.17) is 9.47 Å². The summed E-state index contributed by atoms with van der Waals surface area (Å²) in [7, 11) is 1.70. The highest BCUT2D eigenvalue weighted by Gasteiger charge is 2.33. The van der Waals surface area contributed by atoms with Gasteiger partial charge in [0, 0.05) is 20.3 Å². The van der Waals surface area contributed by atoms with Crippen molar-refractivity contribution in [3.63, 3.8) is 0 Å². The zero-order valence-electron chi connectivity index (χ0n) is 13.5. The summed E-state index contributed by atoms with van der Waals surface area (Å²) in [6, 6.07) is 0. The van der Waals surface area contributed by atoms with Gasteiger partial charge < -0.3 is 14.6 Å². The van der Waals surface area contributed by atoms with Crippen LogP contribution in [0.5, 0.6) is 0 Å². The van der Waals surface area contributed by atoms with Crippen molar-refractivity contribution in [3.05, 3.63) is 0 Å². The molecule has 1 N–H and O–H groups in total. The third kappa shape index (κ3) is 6.55. The molecule has 0 spiro atoms. The van der Waals surface area contributed by atoms with Gasteiger partial charge in [0.1, 0.15) is 0 Å². The Balaban J connectivity index is 2.17. The van der Waals surface area contributed by atoms with Gasteiger partial charge in [-0.15, -0.1) is 0 Å². The van der Waals surface area contributed by atoms with Crippen molar-refractivity contribution < 1.29 is 14.6 Å². The van der Waals surface area contributed by atoms with Gasteiger partial charge in [0.25, 0.3) is 0 Å². The number of rotatable bonds is 11. The first-order valence-corrected chi connectivity index (χ1v) is 8.44. The molecule has 0 saturated heterocycles. The standard InChI is InChI=1S/C17H34O3/c1-3-4-6-16-7-10-17(15-18,11-8-16)9-5-12-20-14-13-19-2/h16,18H,3-15H2,1-2H3. The average Bonchev–Trinajstić information content (AvgIpc) is 2.50. The lowest BCUT2D eigenvalue weighted by Crippen LogP contribution is -2.31. The Bertz CT molecular complexity index is 222. The monoisotopic (exact) mass is 286 g/mol. The third-order valence-electron chi connectivity index (χ3n) is 4.89. The zero-order valence-corrected chi connectivity index (χ0v) is 13.5. The highest BCUT2D eigenvalue weighted by Crippen LogP contribution is 2.43. The fraction of sp³-hybridized carbons (Fsp3) is 1.00. The van der Waals surface area contributed by atoms with Crippen molar-refractivity contribution in [1.82, 2.24) is 0 Å². The Morgan fingerprint density at radius 1 is 1.10 bits per heavy atom. The summed E-state index contributed by atoms with van der Waals surface area (Å²) in [5, 5.41) is 9.78. The molecular weight excluding hydrogens is 252 g/mol. The van der Waals surface area contributed by atoms with Crippen molar-refractivity contribution >= 4 is 0 Å². The lowest BCUT2D eigenvalue weighted by atomic mass is 9.68. The first-order valence-electron chi connectivity index (χ1n) is 8.44. The third-order valence-corrected chi connectivity index (χ3v) is 4.89. The van der Waals surface area contributed by atoms with Crippen LogP contribution in [-0.4, -0.2) is 38.6 Å². The maximum absolute atomic E-state index is 9.78. The van der Waals surface area contributed by atoms with Crippen molar-refractivity contribution in [1.29, 1.82) is 0 Å². The van der Waals surface area contributed by atoms with E-state index >= 15 is 0 Å². The molecule has 1 rings (SSSR count). The summed E-state index contributed by atoms with van der Waals surface area (Å²) in [4.78, 5) is 0. The highest BCUT2D eigenvalue weighted by molar-refractivity contribution is 4.85. The maximum atomic E-state index is 9.78. The minimum atomic E-state index is 0.188. The first kappa shape index (κ1) is 17.9. The van der Waals surface area contributed by atoms with E-state index in [2.05, 4.69) is 6.92 Å². The van der Waals surface area contributed by atoms with Crippen LogP contribution in [0.2, 0.25) is 0 Å². The van der Waals surface area contributed by atoms with Crippen molar-refractivity contribution in [2.75, 3.05) is 33.5 Å². The van der Waals surface area contributed by atoms with Crippen molar-refractivity contribution in [3.8, 4) is 0 Å². The number of unbranched alkanes of at least 4 members (excludes halogenated alkanes) is 1. The Labute approximate surface area is 125 Å². The molecule has 0 bridgehead atoms. The molecule has 20 heavy (non-hydrogen) atoms. The lowest BCUT2D eigenvalue weighted by Gasteiger charge is -2.39. The number of hydrogen-bond donors (Lipinski definition) is 1. The fourth-order valence-electron chi connectivity index (χ4n) is 3.35. The van der Waals surface area contributed by atoms with Crippen molar-refractivity contribution in [2.45, 2.75) is 64.7 Å². The van der Waals surface area contributed by atoms with Gasteiger partial charge in [0.05, 0.1) is 13.2 Å². The van der Waals surface area contributed by atoms with E-state index in [1.165, 1.54) is 44.9 Å². The Morgan fingerprint density at radius 3 is 2.45 bits per heavy atom. The Morgan fingerprint density at radius 2 is 1.85 bits per heavy atom. The SMILES string of the molecule is CCCCC1CCC(CO)(CCCOCCOC)CC1. The topological polar surface area (TPSA) is 38.7 Å². The molecule has 0 unspecified atom stereocenters. The van der Waals surface area contributed by atoms with Gasteiger partial charge in [-0.3, -0.25) is 0 Å². The molecule has 1 fully saturated rings. The predicted molar refractivity (Wildman–Crippen MR) is 82.9 cm³/mol. The molecular formula is C17H34O3. The molecule has 0 aliphatic heterocycles. The quantitative estimate of drug-likeness (QED) is 0.587. The van der Waals surface area contributed by atoms with Gasteiger partial charge in [-0.1, -0.05) is 26.2 Å². The van der Waals surface area contributed by atoms with Crippen LogP contribution in [0, 0.1) is 11.3 Å². The lowest BCUT2D eigenvalue weighted by molar-refractivity contribution is 0.0318. The molecule has 0 radical (unpaired) electrons. The summed E-state index contributed by atoms with van der Waals surface area (Å²) >= 11 is 0. The molecule has 3 heteroatoms. The molecule has 0 heterocycles. The number of hydrogen-bond acceptors (Lipinski definition) is 3. The molecule has 1 aliphatic carbocycles. The summed E-state index contributed by atoms with van der Waals surface area (Å²) < 4.78 is 10.5. The van der Waals surface area contributed by atoms with Crippen LogP contribution in [0.25, 0.3) is 0 Å². The van der Waals surface area contributed by atoms with Crippen LogP contribution in [0.3, 0.4) is 0 Å². The van der Waals surface area contributed by atoms with E-state index in [9.17, 15) is 5.11 Å². The molecule has 0 atom stereocenters. The normalized spacial score (nSPS) is 26.9. The van der Waals surface area contributed by atoms with E-state index in [1.807, 2.05) is 0 Å². The number of ether oxygens (including phenoxy) is 2. The second kappa shape index (κ2) is 10.6. The smallest absolute Gasteiger partial charge is 0.0700 e. The molecule has 3 nitrogen and oxygen atoms in total. The summed E-state index contributed by atoms with van der Waals surface area (Å²) in [6.07, 6.45) is 11.3. The first-order chi connectivity index (χ1) is 9.76.